The molecule has 0 radical (unpaired) electrons. The van der Waals surface area contributed by atoms with Crippen molar-refractivity contribution in [1.82, 2.24) is 15.2 Å². The van der Waals surface area contributed by atoms with Crippen molar-refractivity contribution >= 4 is 11.6 Å². The van der Waals surface area contributed by atoms with Gasteiger partial charge in [0.1, 0.15) is 5.82 Å². The number of halogens is 1. The Kier molecular flexibility index (Phi) is 6.69. The highest BCUT2D eigenvalue weighted by atomic mass is 19.1. The smallest absolute Gasteiger partial charge is 0.253 e. The van der Waals surface area contributed by atoms with E-state index in [4.69, 9.17) is 0 Å². The Bertz CT molecular complexity index is 676. The first-order valence-corrected chi connectivity index (χ1v) is 7.91. The Hall–Kier alpha value is -2.47. The van der Waals surface area contributed by atoms with Gasteiger partial charge in [0, 0.05) is 31.0 Å². The van der Waals surface area contributed by atoms with Gasteiger partial charge in [0.15, 0.2) is 0 Å². The molecule has 2 N–H and O–H groups in total. The van der Waals surface area contributed by atoms with Crippen LogP contribution in [-0.2, 0) is 6.54 Å². The van der Waals surface area contributed by atoms with E-state index in [0.29, 0.717) is 11.1 Å². The summed E-state index contributed by atoms with van der Waals surface area (Å²) in [6.07, 6.45) is 4.18. The molecule has 0 saturated carbocycles. The Balaban J connectivity index is 1.88. The summed E-state index contributed by atoms with van der Waals surface area (Å²) in [5, 5.41) is 5.96. The second-order valence-electron chi connectivity index (χ2n) is 5.82. The number of nitrogens with zero attached hydrogens (tertiary/aromatic N) is 2. The quantitative estimate of drug-likeness (QED) is 0.730. The van der Waals surface area contributed by atoms with Crippen molar-refractivity contribution in [2.75, 3.05) is 32.5 Å². The lowest BCUT2D eigenvalue weighted by Gasteiger charge is -2.11. The van der Waals surface area contributed by atoms with E-state index in [2.05, 4.69) is 20.5 Å². The zero-order valence-corrected chi connectivity index (χ0v) is 14.1. The number of pyridine rings is 1. The third-order valence-electron chi connectivity index (χ3n) is 3.51. The SMILES string of the molecule is CN(C)CCCNc1cncc(C(=O)NCc2ccccc2F)c1. The van der Waals surface area contributed by atoms with Crippen LogP contribution in [0.5, 0.6) is 0 Å². The van der Waals surface area contributed by atoms with Crippen molar-refractivity contribution in [3.05, 3.63) is 59.7 Å². The van der Waals surface area contributed by atoms with Gasteiger partial charge in [-0.05, 0) is 39.2 Å². The second kappa shape index (κ2) is 8.98. The van der Waals surface area contributed by atoms with E-state index >= 15 is 0 Å². The van der Waals surface area contributed by atoms with Crippen molar-refractivity contribution in [3.63, 3.8) is 0 Å². The second-order valence-corrected chi connectivity index (χ2v) is 5.82. The number of carbonyl (C=O) groups excluding carboxylic acids is 1. The molecule has 0 spiro atoms. The predicted molar refractivity (Wildman–Crippen MR) is 93.5 cm³/mol. The zero-order chi connectivity index (χ0) is 17.4. The van der Waals surface area contributed by atoms with Gasteiger partial charge in [-0.2, -0.15) is 0 Å². The maximum absolute atomic E-state index is 13.6. The third-order valence-corrected chi connectivity index (χ3v) is 3.51. The van der Waals surface area contributed by atoms with Crippen LogP contribution in [0.15, 0.2) is 42.7 Å². The monoisotopic (exact) mass is 330 g/mol. The van der Waals surface area contributed by atoms with Crippen molar-refractivity contribution < 1.29 is 9.18 Å². The van der Waals surface area contributed by atoms with Crippen molar-refractivity contribution in [2.45, 2.75) is 13.0 Å². The van der Waals surface area contributed by atoms with Crippen LogP contribution < -0.4 is 10.6 Å². The Morgan fingerprint density at radius 1 is 1.25 bits per heavy atom. The minimum absolute atomic E-state index is 0.145. The fourth-order valence-electron chi connectivity index (χ4n) is 2.21. The molecule has 1 aromatic heterocycles. The van der Waals surface area contributed by atoms with Crippen molar-refractivity contribution in [3.8, 4) is 0 Å². The molecule has 0 saturated heterocycles. The van der Waals surface area contributed by atoms with E-state index in [0.717, 1.165) is 25.2 Å². The van der Waals surface area contributed by atoms with E-state index in [1.54, 1.807) is 30.5 Å². The molecule has 2 rings (SSSR count). The molecular weight excluding hydrogens is 307 g/mol. The van der Waals surface area contributed by atoms with E-state index in [-0.39, 0.29) is 18.3 Å². The molecule has 0 aliphatic carbocycles. The predicted octanol–water partition coefficient (Wildman–Crippen LogP) is 2.51. The molecule has 0 unspecified atom stereocenters. The Morgan fingerprint density at radius 2 is 2.04 bits per heavy atom. The number of anilines is 1. The topological polar surface area (TPSA) is 57.3 Å². The van der Waals surface area contributed by atoms with Crippen LogP contribution in [0.25, 0.3) is 0 Å². The van der Waals surface area contributed by atoms with Crippen LogP contribution in [0.3, 0.4) is 0 Å². The molecule has 5 nitrogen and oxygen atoms in total. The van der Waals surface area contributed by atoms with E-state index in [1.165, 1.54) is 12.3 Å². The number of amides is 1. The first-order valence-electron chi connectivity index (χ1n) is 7.91. The summed E-state index contributed by atoms with van der Waals surface area (Å²) in [5.74, 6) is -0.602. The highest BCUT2D eigenvalue weighted by molar-refractivity contribution is 5.94. The standard InChI is InChI=1S/C18H23FN4O/c1-23(2)9-5-8-21-16-10-15(11-20-13-16)18(24)22-12-14-6-3-4-7-17(14)19/h3-4,6-7,10-11,13,21H,5,8-9,12H2,1-2H3,(H,22,24). The fraction of sp³-hybridized carbons (Fsp3) is 0.333. The molecule has 1 aromatic carbocycles. The number of hydrogen-bond acceptors (Lipinski definition) is 4. The van der Waals surface area contributed by atoms with Crippen LogP contribution in [0.4, 0.5) is 10.1 Å². The lowest BCUT2D eigenvalue weighted by atomic mass is 10.2. The number of nitrogens with one attached hydrogen (secondary N) is 2. The molecule has 0 aliphatic heterocycles. The van der Waals surface area contributed by atoms with Gasteiger partial charge in [-0.1, -0.05) is 18.2 Å². The normalized spacial score (nSPS) is 10.7. The van der Waals surface area contributed by atoms with Crippen LogP contribution in [0.2, 0.25) is 0 Å². The van der Waals surface area contributed by atoms with Gasteiger partial charge in [-0.3, -0.25) is 9.78 Å². The number of rotatable bonds is 8. The summed E-state index contributed by atoms with van der Waals surface area (Å²) >= 11 is 0. The average Bonchev–Trinajstić information content (AvgIpc) is 2.58. The van der Waals surface area contributed by atoms with Gasteiger partial charge in [0.2, 0.25) is 0 Å². The van der Waals surface area contributed by atoms with Crippen molar-refractivity contribution in [2.24, 2.45) is 0 Å². The van der Waals surface area contributed by atoms with Gasteiger partial charge in [-0.25, -0.2) is 4.39 Å². The molecule has 24 heavy (non-hydrogen) atoms. The molecule has 6 heteroatoms. The average molecular weight is 330 g/mol. The van der Waals surface area contributed by atoms with Gasteiger partial charge in [-0.15, -0.1) is 0 Å². The molecule has 1 amide bonds. The molecule has 0 bridgehead atoms. The molecule has 0 atom stereocenters. The summed E-state index contributed by atoms with van der Waals surface area (Å²) in [5.41, 5.74) is 1.70. The highest BCUT2D eigenvalue weighted by Crippen LogP contribution is 2.10. The summed E-state index contributed by atoms with van der Waals surface area (Å²) in [7, 11) is 4.06. The maximum Gasteiger partial charge on any atom is 0.253 e. The van der Waals surface area contributed by atoms with Crippen LogP contribution >= 0.6 is 0 Å². The van der Waals surface area contributed by atoms with Gasteiger partial charge in [0.05, 0.1) is 11.3 Å². The largest absolute Gasteiger partial charge is 0.384 e. The van der Waals surface area contributed by atoms with E-state index < -0.39 is 0 Å². The summed E-state index contributed by atoms with van der Waals surface area (Å²) in [6, 6.07) is 8.14. The van der Waals surface area contributed by atoms with Crippen LogP contribution in [-0.4, -0.2) is 43.0 Å². The molecule has 1 heterocycles. The Morgan fingerprint density at radius 3 is 2.79 bits per heavy atom. The Labute approximate surface area is 141 Å². The molecule has 0 aliphatic rings. The summed E-state index contributed by atoms with van der Waals surface area (Å²) < 4.78 is 13.6. The van der Waals surface area contributed by atoms with Crippen LogP contribution in [0.1, 0.15) is 22.3 Å². The number of hydrogen-bond donors (Lipinski definition) is 2. The summed E-state index contributed by atoms with van der Waals surface area (Å²) in [4.78, 5) is 18.4. The van der Waals surface area contributed by atoms with Crippen molar-refractivity contribution in [1.29, 1.82) is 0 Å². The molecule has 128 valence electrons. The van der Waals surface area contributed by atoms with Gasteiger partial charge in [0.25, 0.3) is 5.91 Å². The fourth-order valence-corrected chi connectivity index (χ4v) is 2.21. The molecular formula is C18H23FN4O. The first kappa shape index (κ1) is 17.9. The van der Waals surface area contributed by atoms with E-state index in [9.17, 15) is 9.18 Å². The minimum Gasteiger partial charge on any atom is -0.384 e. The first-order chi connectivity index (χ1) is 11.6. The number of carbonyl (C=O) groups is 1. The summed E-state index contributed by atoms with van der Waals surface area (Å²) in [6.45, 7) is 1.94. The molecule has 0 fully saturated rings. The minimum atomic E-state index is -0.327. The van der Waals surface area contributed by atoms with Gasteiger partial charge < -0.3 is 15.5 Å². The number of aromatic nitrogens is 1. The maximum atomic E-state index is 13.6. The highest BCUT2D eigenvalue weighted by Gasteiger charge is 2.08. The third kappa shape index (κ3) is 5.62. The van der Waals surface area contributed by atoms with E-state index in [1.807, 2.05) is 14.1 Å². The van der Waals surface area contributed by atoms with Crippen LogP contribution in [0, 0.1) is 5.82 Å². The zero-order valence-electron chi connectivity index (χ0n) is 14.1. The lowest BCUT2D eigenvalue weighted by Crippen LogP contribution is -2.23. The lowest BCUT2D eigenvalue weighted by molar-refractivity contribution is 0.0950. The van der Waals surface area contributed by atoms with Gasteiger partial charge >= 0.3 is 0 Å². The molecule has 2 aromatic rings. The number of benzene rings is 1.